The van der Waals surface area contributed by atoms with Crippen LogP contribution in [0, 0.1) is 0 Å². The van der Waals surface area contributed by atoms with Crippen molar-refractivity contribution in [3.05, 3.63) is 12.2 Å². The van der Waals surface area contributed by atoms with Gasteiger partial charge in [-0.15, -0.1) is 0 Å². The Balaban J connectivity index is 4.43. The monoisotopic (exact) mass is 483 g/mol. The molecule has 7 nitrogen and oxygen atoms in total. The van der Waals surface area contributed by atoms with Crippen LogP contribution in [0.2, 0.25) is 0 Å². The Morgan fingerprint density at radius 3 is 1.44 bits per heavy atom. The van der Waals surface area contributed by atoms with Crippen molar-refractivity contribution in [3.63, 3.8) is 0 Å². The molecule has 0 aromatic carbocycles. The van der Waals surface area contributed by atoms with Gasteiger partial charge < -0.3 is 20.1 Å². The summed E-state index contributed by atoms with van der Waals surface area (Å²) in [6, 6.07) is -3.64. The molecular formula is C27H49NO6. The number of quaternary nitrogens is 1. The van der Waals surface area contributed by atoms with Gasteiger partial charge >= 0.3 is 11.9 Å². The summed E-state index contributed by atoms with van der Waals surface area (Å²) in [7, 11) is 0. The van der Waals surface area contributed by atoms with Gasteiger partial charge in [-0.3, -0.25) is 4.48 Å². The van der Waals surface area contributed by atoms with Crippen LogP contribution in [0.4, 0.5) is 0 Å². The van der Waals surface area contributed by atoms with Crippen LogP contribution in [0.1, 0.15) is 118 Å². The van der Waals surface area contributed by atoms with Crippen LogP contribution in [-0.4, -0.2) is 57.3 Å². The molecule has 3 atom stereocenters. The van der Waals surface area contributed by atoms with Gasteiger partial charge in [0.25, 0.3) is 0 Å². The highest BCUT2D eigenvalue weighted by Gasteiger charge is 2.50. The van der Waals surface area contributed by atoms with E-state index in [2.05, 4.69) is 6.92 Å². The lowest BCUT2D eigenvalue weighted by Crippen LogP contribution is -2.71. The van der Waals surface area contributed by atoms with Crippen molar-refractivity contribution < 1.29 is 34.2 Å². The summed E-state index contributed by atoms with van der Waals surface area (Å²) >= 11 is 0. The van der Waals surface area contributed by atoms with Crippen LogP contribution >= 0.6 is 0 Å². The maximum Gasteiger partial charge on any atom is 0.362 e. The third kappa shape index (κ3) is 11.5. The minimum atomic E-state index is -1.44. The van der Waals surface area contributed by atoms with Gasteiger partial charge in [0.2, 0.25) is 0 Å². The molecule has 0 saturated carbocycles. The van der Waals surface area contributed by atoms with Crippen LogP contribution in [0.25, 0.3) is 0 Å². The van der Waals surface area contributed by atoms with Gasteiger partial charge in [0.05, 0.1) is 12.5 Å². The smallest absolute Gasteiger partial charge is 0.362 e. The van der Waals surface area contributed by atoms with Gasteiger partial charge in [0.1, 0.15) is 6.04 Å². The highest BCUT2D eigenvalue weighted by atomic mass is 16.4. The van der Waals surface area contributed by atoms with Gasteiger partial charge in [-0.2, -0.15) is 0 Å². The third-order valence-electron chi connectivity index (χ3n) is 7.29. The standard InChI is InChI=1S/C27H49NO6/c1-5-6-7-8-9-10-11-12-13-14-15-16-17-18-19-20-21-28(22(2)25(29)30,23(3)26(31)32)24(4)27(33)34/h18-19,22-24H,5-17,20-21H2,1-4H3,(H2-,29,30,31,32,33,34)/b19-18+. The predicted molar refractivity (Wildman–Crippen MR) is 133 cm³/mol. The molecule has 0 spiro atoms. The molecule has 0 saturated heterocycles. The first-order valence-corrected chi connectivity index (χ1v) is 13.3. The van der Waals surface area contributed by atoms with E-state index in [1.165, 1.54) is 91.4 Å². The second kappa shape index (κ2) is 18.4. The van der Waals surface area contributed by atoms with Gasteiger partial charge in [0, 0.05) is 6.42 Å². The summed E-state index contributed by atoms with van der Waals surface area (Å²) in [4.78, 5) is 35.1. The number of carbonyl (C=O) groups excluding carboxylic acids is 1. The van der Waals surface area contributed by atoms with Crippen LogP contribution in [0.5, 0.6) is 0 Å². The fourth-order valence-electron chi connectivity index (χ4n) is 4.83. The molecule has 0 aliphatic heterocycles. The Bertz CT molecular complexity index is 568. The zero-order valence-corrected chi connectivity index (χ0v) is 22.0. The van der Waals surface area contributed by atoms with Crippen LogP contribution in [0.3, 0.4) is 0 Å². The molecule has 2 N–H and O–H groups in total. The van der Waals surface area contributed by atoms with E-state index in [1.54, 1.807) is 0 Å². The van der Waals surface area contributed by atoms with Crippen LogP contribution < -0.4 is 5.11 Å². The van der Waals surface area contributed by atoms with Crippen molar-refractivity contribution in [2.24, 2.45) is 0 Å². The molecule has 0 bridgehead atoms. The minimum absolute atomic E-state index is 0.102. The minimum Gasteiger partial charge on any atom is -0.544 e. The summed E-state index contributed by atoms with van der Waals surface area (Å²) in [5.41, 5.74) is 0. The molecule has 34 heavy (non-hydrogen) atoms. The summed E-state index contributed by atoms with van der Waals surface area (Å²) < 4.78 is -0.587. The lowest BCUT2D eigenvalue weighted by Gasteiger charge is -2.49. The van der Waals surface area contributed by atoms with Gasteiger partial charge in [0.15, 0.2) is 12.1 Å². The van der Waals surface area contributed by atoms with E-state index in [0.717, 1.165) is 12.8 Å². The van der Waals surface area contributed by atoms with E-state index in [0.29, 0.717) is 6.42 Å². The average molecular weight is 484 g/mol. The topological polar surface area (TPSA) is 115 Å². The molecule has 0 amide bonds. The first kappa shape index (κ1) is 32.1. The summed E-state index contributed by atoms with van der Waals surface area (Å²) in [5, 5.41) is 30.8. The maximum absolute atomic E-state index is 11.7. The van der Waals surface area contributed by atoms with Crippen LogP contribution in [-0.2, 0) is 14.4 Å². The molecule has 0 heterocycles. The molecule has 0 radical (unpaired) electrons. The number of rotatable bonds is 22. The number of carbonyl (C=O) groups is 3. The van der Waals surface area contributed by atoms with E-state index < -0.39 is 40.5 Å². The zero-order chi connectivity index (χ0) is 26.0. The second-order valence-electron chi connectivity index (χ2n) is 9.68. The van der Waals surface area contributed by atoms with Crippen molar-refractivity contribution in [3.8, 4) is 0 Å². The Morgan fingerprint density at radius 2 is 1.06 bits per heavy atom. The summed E-state index contributed by atoms with van der Waals surface area (Å²) in [6.07, 6.45) is 20.8. The highest BCUT2D eigenvalue weighted by molar-refractivity contribution is 5.76. The number of aliphatic carboxylic acids is 3. The van der Waals surface area contributed by atoms with E-state index in [-0.39, 0.29) is 6.54 Å². The predicted octanol–water partition coefficient (Wildman–Crippen LogP) is 4.93. The Morgan fingerprint density at radius 1 is 0.676 bits per heavy atom. The first-order valence-electron chi connectivity index (χ1n) is 13.3. The van der Waals surface area contributed by atoms with Crippen molar-refractivity contribution in [2.75, 3.05) is 6.54 Å². The van der Waals surface area contributed by atoms with Gasteiger partial charge in [-0.05, 0) is 33.6 Å². The third-order valence-corrected chi connectivity index (χ3v) is 7.29. The van der Waals surface area contributed by atoms with Crippen molar-refractivity contribution in [1.29, 1.82) is 0 Å². The lowest BCUT2D eigenvalue weighted by atomic mass is 10.0. The Labute approximate surface area is 206 Å². The van der Waals surface area contributed by atoms with Gasteiger partial charge in [-0.25, -0.2) is 9.59 Å². The zero-order valence-electron chi connectivity index (χ0n) is 22.0. The van der Waals surface area contributed by atoms with E-state index in [9.17, 15) is 29.7 Å². The Kier molecular flexibility index (Phi) is 17.4. The molecule has 0 aromatic rings. The molecule has 0 aliphatic carbocycles. The average Bonchev–Trinajstić information content (AvgIpc) is 2.80. The normalized spacial score (nSPS) is 16.1. The number of nitrogens with zero attached hydrogens (tertiary/aromatic N) is 1. The summed E-state index contributed by atoms with van der Waals surface area (Å²) in [5.74, 6) is -3.88. The molecule has 0 rings (SSSR count). The van der Waals surface area contributed by atoms with Crippen molar-refractivity contribution >= 4 is 17.9 Å². The number of carboxylic acid groups (broad SMARTS) is 3. The van der Waals surface area contributed by atoms with E-state index in [4.69, 9.17) is 0 Å². The molecule has 0 aromatic heterocycles. The van der Waals surface area contributed by atoms with Crippen LogP contribution in [0.15, 0.2) is 12.2 Å². The Hall–Kier alpha value is -1.89. The van der Waals surface area contributed by atoms with E-state index in [1.807, 2.05) is 12.2 Å². The number of allylic oxidation sites excluding steroid dienone is 1. The van der Waals surface area contributed by atoms with Crippen molar-refractivity contribution in [2.45, 2.75) is 136 Å². The second-order valence-corrected chi connectivity index (χ2v) is 9.68. The fourth-order valence-corrected chi connectivity index (χ4v) is 4.83. The summed E-state index contributed by atoms with van der Waals surface area (Å²) in [6.45, 7) is 6.43. The van der Waals surface area contributed by atoms with Crippen molar-refractivity contribution in [1.82, 2.24) is 0 Å². The number of hydrogen-bond acceptors (Lipinski definition) is 4. The van der Waals surface area contributed by atoms with Gasteiger partial charge in [-0.1, -0.05) is 89.7 Å². The lowest BCUT2D eigenvalue weighted by molar-refractivity contribution is -0.969. The molecule has 0 fully saturated rings. The molecule has 7 heteroatoms. The molecule has 0 aliphatic rings. The number of unbranched alkanes of at least 4 members (excludes halogenated alkanes) is 12. The number of carboxylic acids is 3. The largest absolute Gasteiger partial charge is 0.544 e. The number of hydrogen-bond donors (Lipinski definition) is 2. The fraction of sp³-hybridized carbons (Fsp3) is 0.815. The highest BCUT2D eigenvalue weighted by Crippen LogP contribution is 2.26. The molecule has 3 unspecified atom stereocenters. The maximum atomic E-state index is 11.7. The first-order chi connectivity index (χ1) is 16.1. The SMILES string of the molecule is CCCCCCCCCCCCCC/C=C/CC[N+](C(C)C(=O)[O-])(C(C)C(=O)O)C(C)C(=O)O. The molecular weight excluding hydrogens is 434 g/mol. The molecule has 198 valence electrons. The quantitative estimate of drug-likeness (QED) is 0.128. The van der Waals surface area contributed by atoms with E-state index >= 15 is 0 Å².